The molecule has 0 N–H and O–H groups in total. The van der Waals surface area contributed by atoms with Gasteiger partial charge in [0.15, 0.2) is 0 Å². The lowest BCUT2D eigenvalue weighted by Gasteiger charge is -2.29. The largest absolute Gasteiger partial charge is 0.463 e. The van der Waals surface area contributed by atoms with Crippen molar-refractivity contribution >= 4 is 45.9 Å². The Bertz CT molecular complexity index is 2380. The van der Waals surface area contributed by atoms with Crippen LogP contribution < -0.4 is 9.80 Å². The summed E-state index contributed by atoms with van der Waals surface area (Å²) < 4.78 is 10.2. The number of carbonyl (C=O) groups excluding carboxylic acids is 2. The minimum atomic E-state index is -0.218. The average molecular weight is 773 g/mol. The monoisotopic (exact) mass is 772 g/mol. The number of ketones is 1. The summed E-state index contributed by atoms with van der Waals surface area (Å²) in [5, 5.41) is 0. The summed E-state index contributed by atoms with van der Waals surface area (Å²) in [6, 6.07) is 43.8. The van der Waals surface area contributed by atoms with Crippen LogP contribution in [0.3, 0.4) is 0 Å². The van der Waals surface area contributed by atoms with Crippen LogP contribution in [0.25, 0.3) is 11.1 Å². The maximum absolute atomic E-state index is 12.2. The molecule has 0 unspecified atom stereocenters. The second-order valence-corrected chi connectivity index (χ2v) is 15.5. The summed E-state index contributed by atoms with van der Waals surface area (Å²) in [7, 11) is 1.59. The summed E-state index contributed by atoms with van der Waals surface area (Å²) in [5.41, 5.74) is 18.4. The standard InChI is InChI=1S/C52H56N2O4/c1-35-9-20-48(33-37(35)3)53(46-22-13-42(14-23-46)12-11-41(7)55)50-26-18-44(31-39(50)5)45-19-27-51(40(6)32-45)54(49-21-10-36(2)38(4)34-49)47-24-15-43(16-25-47)17-28-52(56)58-30-29-57-8/h9-10,13-16,18-27,31-34H,11-12,17,28-30H2,1-8H3. The predicted octanol–water partition coefficient (Wildman–Crippen LogP) is 12.8. The summed E-state index contributed by atoms with van der Waals surface area (Å²) >= 11 is 0. The van der Waals surface area contributed by atoms with Crippen molar-refractivity contribution in [2.45, 2.75) is 74.1 Å². The SMILES string of the molecule is COCCOC(=O)CCc1ccc(N(c2ccc(C)c(C)c2)c2ccc(-c3ccc(N(c4ccc(CCC(C)=O)cc4)c4ccc(C)c(C)c4)c(C)c3)cc2C)cc1. The highest BCUT2D eigenvalue weighted by Crippen LogP contribution is 2.41. The van der Waals surface area contributed by atoms with Gasteiger partial charge in [-0.3, -0.25) is 4.79 Å². The number of nitrogens with zero attached hydrogens (tertiary/aromatic N) is 2. The summed E-state index contributed by atoms with van der Waals surface area (Å²) in [6.45, 7) is 15.3. The van der Waals surface area contributed by atoms with Crippen molar-refractivity contribution < 1.29 is 19.1 Å². The third-order valence-electron chi connectivity index (χ3n) is 11.0. The Labute approximate surface area is 345 Å². The molecule has 0 aliphatic rings. The molecule has 6 nitrogen and oxygen atoms in total. The Morgan fingerprint density at radius 3 is 1.29 bits per heavy atom. The summed E-state index contributed by atoms with van der Waals surface area (Å²) in [4.78, 5) is 28.5. The van der Waals surface area contributed by atoms with E-state index in [-0.39, 0.29) is 18.4 Å². The summed E-state index contributed by atoms with van der Waals surface area (Å²) in [6.07, 6.45) is 2.23. The Morgan fingerprint density at radius 1 is 0.466 bits per heavy atom. The van der Waals surface area contributed by atoms with Gasteiger partial charge in [0.25, 0.3) is 0 Å². The van der Waals surface area contributed by atoms with Crippen LogP contribution in [0.2, 0.25) is 0 Å². The lowest BCUT2D eigenvalue weighted by Crippen LogP contribution is -2.12. The highest BCUT2D eigenvalue weighted by atomic mass is 16.6. The van der Waals surface area contributed by atoms with Gasteiger partial charge in [0.2, 0.25) is 0 Å². The molecule has 0 radical (unpaired) electrons. The zero-order valence-electron chi connectivity index (χ0n) is 35.3. The van der Waals surface area contributed by atoms with Gasteiger partial charge in [-0.2, -0.15) is 0 Å². The van der Waals surface area contributed by atoms with E-state index >= 15 is 0 Å². The molecule has 58 heavy (non-hydrogen) atoms. The Morgan fingerprint density at radius 2 is 0.897 bits per heavy atom. The molecule has 6 rings (SSSR count). The molecule has 6 heteroatoms. The molecular formula is C52H56N2O4. The van der Waals surface area contributed by atoms with Gasteiger partial charge in [-0.1, -0.05) is 48.5 Å². The van der Waals surface area contributed by atoms with Crippen LogP contribution in [0.4, 0.5) is 34.1 Å². The van der Waals surface area contributed by atoms with Crippen molar-refractivity contribution in [3.63, 3.8) is 0 Å². The zero-order chi connectivity index (χ0) is 41.3. The maximum Gasteiger partial charge on any atom is 0.306 e. The molecule has 0 saturated carbocycles. The smallest absolute Gasteiger partial charge is 0.306 e. The molecule has 0 amide bonds. The van der Waals surface area contributed by atoms with Gasteiger partial charge < -0.3 is 24.1 Å². The van der Waals surface area contributed by atoms with Gasteiger partial charge in [0.1, 0.15) is 12.4 Å². The Kier molecular flexibility index (Phi) is 13.6. The summed E-state index contributed by atoms with van der Waals surface area (Å²) in [5.74, 6) is -0.0111. The zero-order valence-corrected chi connectivity index (χ0v) is 35.3. The van der Waals surface area contributed by atoms with Crippen molar-refractivity contribution in [1.29, 1.82) is 0 Å². The third kappa shape index (κ3) is 10.1. The number of hydrogen-bond donors (Lipinski definition) is 0. The molecule has 0 aromatic heterocycles. The number of Topliss-reactive ketones (excluding diaryl/α,β-unsaturated/α-hetero) is 1. The van der Waals surface area contributed by atoms with Gasteiger partial charge in [-0.05, 0) is 190 Å². The highest BCUT2D eigenvalue weighted by molar-refractivity contribution is 5.84. The number of esters is 1. The number of anilines is 6. The van der Waals surface area contributed by atoms with Crippen molar-refractivity contribution in [3.05, 3.63) is 166 Å². The van der Waals surface area contributed by atoms with E-state index in [2.05, 4.69) is 173 Å². The average Bonchev–Trinajstić information content (AvgIpc) is 3.21. The van der Waals surface area contributed by atoms with Crippen LogP contribution in [0.5, 0.6) is 0 Å². The van der Waals surface area contributed by atoms with Gasteiger partial charge >= 0.3 is 5.97 Å². The molecule has 6 aromatic carbocycles. The lowest BCUT2D eigenvalue weighted by atomic mass is 9.98. The van der Waals surface area contributed by atoms with Gasteiger partial charge in [-0.25, -0.2) is 0 Å². The van der Waals surface area contributed by atoms with Crippen LogP contribution in [0.15, 0.2) is 121 Å². The van der Waals surface area contributed by atoms with Crippen LogP contribution in [-0.4, -0.2) is 32.1 Å². The number of hydrogen-bond acceptors (Lipinski definition) is 6. The van der Waals surface area contributed by atoms with E-state index in [0.29, 0.717) is 25.9 Å². The van der Waals surface area contributed by atoms with E-state index in [1.807, 2.05) is 0 Å². The number of ether oxygens (including phenoxy) is 2. The normalized spacial score (nSPS) is 11.0. The fraction of sp³-hybridized carbons (Fsp3) is 0.269. The van der Waals surface area contributed by atoms with Gasteiger partial charge in [0.05, 0.1) is 6.61 Å². The first-order valence-corrected chi connectivity index (χ1v) is 20.2. The molecule has 0 aliphatic carbocycles. The van der Waals surface area contributed by atoms with E-state index < -0.39 is 0 Å². The lowest BCUT2D eigenvalue weighted by molar-refractivity contribution is -0.144. The molecule has 298 valence electrons. The van der Waals surface area contributed by atoms with Crippen molar-refractivity contribution in [2.24, 2.45) is 0 Å². The minimum Gasteiger partial charge on any atom is -0.463 e. The van der Waals surface area contributed by atoms with E-state index in [0.717, 1.165) is 73.9 Å². The fourth-order valence-electron chi connectivity index (χ4n) is 7.26. The number of benzene rings is 6. The van der Waals surface area contributed by atoms with E-state index in [9.17, 15) is 9.59 Å². The van der Waals surface area contributed by atoms with Gasteiger partial charge in [-0.15, -0.1) is 0 Å². The predicted molar refractivity (Wildman–Crippen MR) is 240 cm³/mol. The van der Waals surface area contributed by atoms with Crippen LogP contribution in [0.1, 0.15) is 64.3 Å². The number of rotatable bonds is 16. The minimum absolute atomic E-state index is 0.206. The molecule has 0 fully saturated rings. The van der Waals surface area contributed by atoms with E-state index in [1.165, 1.54) is 22.3 Å². The van der Waals surface area contributed by atoms with Crippen molar-refractivity contribution in [3.8, 4) is 11.1 Å². The van der Waals surface area contributed by atoms with Crippen LogP contribution >= 0.6 is 0 Å². The molecule has 0 bridgehead atoms. The third-order valence-corrected chi connectivity index (χ3v) is 11.0. The molecule has 0 aliphatic heterocycles. The van der Waals surface area contributed by atoms with E-state index in [4.69, 9.17) is 9.47 Å². The first-order valence-electron chi connectivity index (χ1n) is 20.2. The van der Waals surface area contributed by atoms with Crippen LogP contribution in [0, 0.1) is 41.5 Å². The highest BCUT2D eigenvalue weighted by Gasteiger charge is 2.19. The number of aryl methyl sites for hydroxylation is 8. The molecule has 0 heterocycles. The van der Waals surface area contributed by atoms with Crippen molar-refractivity contribution in [2.75, 3.05) is 30.1 Å². The first-order chi connectivity index (χ1) is 27.9. The maximum atomic E-state index is 12.2. The van der Waals surface area contributed by atoms with Crippen molar-refractivity contribution in [1.82, 2.24) is 0 Å². The molecular weight excluding hydrogens is 717 g/mol. The number of methoxy groups -OCH3 is 1. The Hall–Kier alpha value is -5.98. The molecule has 0 atom stereocenters. The topological polar surface area (TPSA) is 59.1 Å². The second-order valence-electron chi connectivity index (χ2n) is 15.5. The van der Waals surface area contributed by atoms with Crippen LogP contribution in [-0.2, 0) is 31.9 Å². The van der Waals surface area contributed by atoms with Gasteiger partial charge in [0, 0.05) is 54.1 Å². The first kappa shape index (κ1) is 41.6. The molecule has 0 saturated heterocycles. The quantitative estimate of drug-likeness (QED) is 0.0721. The van der Waals surface area contributed by atoms with E-state index in [1.54, 1.807) is 14.0 Å². The second kappa shape index (κ2) is 19.0. The molecule has 0 spiro atoms. The molecule has 6 aromatic rings. The Balaban J connectivity index is 1.31. The number of carbonyl (C=O) groups is 2. The fourth-order valence-corrected chi connectivity index (χ4v) is 7.26.